The monoisotopic (exact) mass is 434 g/mol. The van der Waals surface area contributed by atoms with E-state index < -0.39 is 0 Å². The normalized spacial score (nSPS) is 18.5. The van der Waals surface area contributed by atoms with Gasteiger partial charge in [0, 0.05) is 44.6 Å². The molecule has 166 valence electrons. The van der Waals surface area contributed by atoms with Crippen molar-refractivity contribution in [2.75, 3.05) is 24.5 Å². The highest BCUT2D eigenvalue weighted by molar-refractivity contribution is 5.80. The van der Waals surface area contributed by atoms with Crippen LogP contribution in [0.5, 0.6) is 0 Å². The molecule has 0 N–H and O–H groups in total. The fourth-order valence-corrected chi connectivity index (χ4v) is 4.74. The van der Waals surface area contributed by atoms with Crippen molar-refractivity contribution in [3.63, 3.8) is 0 Å². The fourth-order valence-electron chi connectivity index (χ4n) is 4.74. The summed E-state index contributed by atoms with van der Waals surface area (Å²) in [5.41, 5.74) is 3.47. The minimum atomic E-state index is -0.295. The second-order valence-corrected chi connectivity index (χ2v) is 8.59. The number of likely N-dealkylation sites (tertiary alicyclic amines) is 1. The standard InChI is InChI=1S/C24H27FN6O/c1-29-16-19(20-10-11-26-24(27-20)30-12-2-3-13-30)23(28-29)21-5-4-14-31(21)22(32)15-17-6-8-18(25)9-7-17/h6-11,16,21H,2-5,12-15H2,1H3/t21-/m0/s1. The summed E-state index contributed by atoms with van der Waals surface area (Å²) in [6.45, 7) is 2.67. The van der Waals surface area contributed by atoms with E-state index in [4.69, 9.17) is 10.1 Å². The van der Waals surface area contributed by atoms with Crippen molar-refractivity contribution in [2.24, 2.45) is 7.05 Å². The summed E-state index contributed by atoms with van der Waals surface area (Å²) in [4.78, 5) is 26.6. The van der Waals surface area contributed by atoms with Gasteiger partial charge in [-0.3, -0.25) is 9.48 Å². The molecule has 0 bridgehead atoms. The van der Waals surface area contributed by atoms with Gasteiger partial charge in [0.15, 0.2) is 0 Å². The lowest BCUT2D eigenvalue weighted by molar-refractivity contribution is -0.131. The van der Waals surface area contributed by atoms with E-state index in [2.05, 4.69) is 9.88 Å². The zero-order valence-electron chi connectivity index (χ0n) is 18.2. The zero-order chi connectivity index (χ0) is 22.1. The van der Waals surface area contributed by atoms with E-state index in [1.165, 1.54) is 25.0 Å². The van der Waals surface area contributed by atoms with E-state index in [1.807, 2.05) is 24.2 Å². The Morgan fingerprint density at radius 3 is 2.66 bits per heavy atom. The number of amides is 1. The van der Waals surface area contributed by atoms with Gasteiger partial charge in [0.1, 0.15) is 5.82 Å². The van der Waals surface area contributed by atoms with Gasteiger partial charge in [-0.2, -0.15) is 5.10 Å². The number of hydrogen-bond donors (Lipinski definition) is 0. The predicted molar refractivity (Wildman–Crippen MR) is 119 cm³/mol. The predicted octanol–water partition coefficient (Wildman–Crippen LogP) is 3.52. The summed E-state index contributed by atoms with van der Waals surface area (Å²) in [5.74, 6) is 0.498. The van der Waals surface area contributed by atoms with E-state index in [1.54, 1.807) is 23.0 Å². The Labute approximate surface area is 186 Å². The molecule has 5 rings (SSSR count). The van der Waals surface area contributed by atoms with Crippen molar-refractivity contribution >= 4 is 11.9 Å². The van der Waals surface area contributed by atoms with Gasteiger partial charge in [-0.25, -0.2) is 14.4 Å². The van der Waals surface area contributed by atoms with Crippen LogP contribution >= 0.6 is 0 Å². The first kappa shape index (κ1) is 20.6. The lowest BCUT2D eigenvalue weighted by Crippen LogP contribution is -2.32. The molecule has 2 aromatic heterocycles. The number of aryl methyl sites for hydroxylation is 1. The molecule has 0 radical (unpaired) electrons. The zero-order valence-corrected chi connectivity index (χ0v) is 18.2. The first-order valence-corrected chi connectivity index (χ1v) is 11.2. The Bertz CT molecular complexity index is 1110. The Morgan fingerprint density at radius 1 is 1.09 bits per heavy atom. The lowest BCUT2D eigenvalue weighted by Gasteiger charge is -2.24. The Balaban J connectivity index is 1.42. The molecule has 4 heterocycles. The molecule has 32 heavy (non-hydrogen) atoms. The van der Waals surface area contributed by atoms with Crippen LogP contribution < -0.4 is 4.90 Å². The maximum absolute atomic E-state index is 13.2. The van der Waals surface area contributed by atoms with Crippen LogP contribution in [0.3, 0.4) is 0 Å². The molecule has 3 aromatic rings. The smallest absolute Gasteiger partial charge is 0.227 e. The van der Waals surface area contributed by atoms with E-state index in [0.717, 1.165) is 54.4 Å². The molecule has 1 amide bonds. The molecular weight excluding hydrogens is 407 g/mol. The van der Waals surface area contributed by atoms with E-state index in [9.17, 15) is 9.18 Å². The number of carbonyl (C=O) groups excluding carboxylic acids is 1. The number of halogens is 1. The Morgan fingerprint density at radius 2 is 1.88 bits per heavy atom. The van der Waals surface area contributed by atoms with Crippen LogP contribution in [0.25, 0.3) is 11.3 Å². The molecule has 1 aromatic carbocycles. The van der Waals surface area contributed by atoms with Crippen LogP contribution in [0, 0.1) is 5.82 Å². The molecule has 1 atom stereocenters. The van der Waals surface area contributed by atoms with Crippen LogP contribution in [0.15, 0.2) is 42.7 Å². The van der Waals surface area contributed by atoms with Crippen molar-refractivity contribution < 1.29 is 9.18 Å². The molecule has 0 saturated carbocycles. The van der Waals surface area contributed by atoms with Gasteiger partial charge < -0.3 is 9.80 Å². The number of nitrogens with zero attached hydrogens (tertiary/aromatic N) is 6. The second-order valence-electron chi connectivity index (χ2n) is 8.59. The highest BCUT2D eigenvalue weighted by Crippen LogP contribution is 2.37. The highest BCUT2D eigenvalue weighted by atomic mass is 19.1. The van der Waals surface area contributed by atoms with Crippen molar-refractivity contribution in [1.29, 1.82) is 0 Å². The summed E-state index contributed by atoms with van der Waals surface area (Å²) in [6.07, 6.45) is 8.16. The van der Waals surface area contributed by atoms with Crippen molar-refractivity contribution in [1.82, 2.24) is 24.6 Å². The lowest BCUT2D eigenvalue weighted by atomic mass is 10.0. The number of hydrogen-bond acceptors (Lipinski definition) is 5. The van der Waals surface area contributed by atoms with E-state index >= 15 is 0 Å². The SMILES string of the molecule is Cn1cc(-c2ccnc(N3CCCC3)n2)c([C@@H]2CCCN2C(=O)Cc2ccc(F)cc2)n1. The Kier molecular flexibility index (Phi) is 5.59. The van der Waals surface area contributed by atoms with Crippen molar-refractivity contribution in [3.05, 3.63) is 59.8 Å². The van der Waals surface area contributed by atoms with Crippen molar-refractivity contribution in [3.8, 4) is 11.3 Å². The maximum Gasteiger partial charge on any atom is 0.227 e. The van der Waals surface area contributed by atoms with Crippen LogP contribution in [-0.2, 0) is 18.3 Å². The summed E-state index contributed by atoms with van der Waals surface area (Å²) < 4.78 is 15.0. The van der Waals surface area contributed by atoms with Gasteiger partial charge in [-0.05, 0) is 49.4 Å². The molecule has 2 fully saturated rings. The van der Waals surface area contributed by atoms with Gasteiger partial charge >= 0.3 is 0 Å². The van der Waals surface area contributed by atoms with Crippen LogP contribution in [0.4, 0.5) is 10.3 Å². The molecule has 8 heteroatoms. The molecule has 0 aliphatic carbocycles. The van der Waals surface area contributed by atoms with Crippen molar-refractivity contribution in [2.45, 2.75) is 38.1 Å². The van der Waals surface area contributed by atoms with Gasteiger partial charge in [0.05, 0.1) is 23.9 Å². The summed E-state index contributed by atoms with van der Waals surface area (Å²) >= 11 is 0. The number of benzene rings is 1. The number of rotatable bonds is 5. The number of aromatic nitrogens is 4. The van der Waals surface area contributed by atoms with Crippen LogP contribution in [0.2, 0.25) is 0 Å². The molecule has 2 aliphatic rings. The quantitative estimate of drug-likeness (QED) is 0.615. The second kappa shape index (κ2) is 8.68. The van der Waals surface area contributed by atoms with Gasteiger partial charge in [-0.1, -0.05) is 12.1 Å². The highest BCUT2D eigenvalue weighted by Gasteiger charge is 2.34. The van der Waals surface area contributed by atoms with Gasteiger partial charge in [-0.15, -0.1) is 0 Å². The molecule has 0 spiro atoms. The van der Waals surface area contributed by atoms with Gasteiger partial charge in [0.2, 0.25) is 11.9 Å². The topological polar surface area (TPSA) is 67.2 Å². The third-order valence-electron chi connectivity index (χ3n) is 6.32. The average Bonchev–Trinajstić information content (AvgIpc) is 3.56. The molecule has 0 unspecified atom stereocenters. The first-order valence-electron chi connectivity index (χ1n) is 11.2. The minimum Gasteiger partial charge on any atom is -0.341 e. The summed E-state index contributed by atoms with van der Waals surface area (Å²) in [7, 11) is 1.90. The Hall–Kier alpha value is -3.29. The van der Waals surface area contributed by atoms with Crippen LogP contribution in [0.1, 0.15) is 43.0 Å². The van der Waals surface area contributed by atoms with E-state index in [0.29, 0.717) is 6.54 Å². The van der Waals surface area contributed by atoms with E-state index in [-0.39, 0.29) is 24.2 Å². The minimum absolute atomic E-state index is 0.0381. The van der Waals surface area contributed by atoms with Gasteiger partial charge in [0.25, 0.3) is 0 Å². The summed E-state index contributed by atoms with van der Waals surface area (Å²) in [5, 5.41) is 4.75. The molecule has 7 nitrogen and oxygen atoms in total. The fraction of sp³-hybridized carbons (Fsp3) is 0.417. The molecule has 2 aliphatic heterocycles. The summed E-state index contributed by atoms with van der Waals surface area (Å²) in [6, 6.07) is 7.96. The molecular formula is C24H27FN6O. The third kappa shape index (κ3) is 4.09. The van der Waals surface area contributed by atoms with Crippen LogP contribution in [-0.4, -0.2) is 50.2 Å². The first-order chi connectivity index (χ1) is 15.6. The largest absolute Gasteiger partial charge is 0.341 e. The third-order valence-corrected chi connectivity index (χ3v) is 6.32. The number of carbonyl (C=O) groups is 1. The number of anilines is 1. The molecule has 2 saturated heterocycles. The maximum atomic E-state index is 13.2. The average molecular weight is 435 g/mol.